The molecule has 6 heteroatoms. The van der Waals surface area contributed by atoms with Gasteiger partial charge in [-0.25, -0.2) is 9.78 Å². The number of amides is 1. The number of aldehydes is 1. The van der Waals surface area contributed by atoms with Gasteiger partial charge < -0.3 is 14.8 Å². The van der Waals surface area contributed by atoms with Crippen LogP contribution in [-0.2, 0) is 9.53 Å². The second-order valence-corrected chi connectivity index (χ2v) is 5.00. The van der Waals surface area contributed by atoms with Gasteiger partial charge in [0.2, 0.25) is 0 Å². The highest BCUT2D eigenvalue weighted by Gasteiger charge is 2.21. The Balaban J connectivity index is 2.78. The van der Waals surface area contributed by atoms with Crippen LogP contribution in [0.4, 0.5) is 4.79 Å². The highest BCUT2D eigenvalue weighted by atomic mass is 35.5. The van der Waals surface area contributed by atoms with E-state index in [2.05, 4.69) is 10.3 Å². The lowest BCUT2D eigenvalue weighted by atomic mass is 10.1. The number of alkyl carbamates (subject to hydrolysis) is 1. The van der Waals surface area contributed by atoms with Gasteiger partial charge in [0.1, 0.15) is 23.1 Å². The van der Waals surface area contributed by atoms with E-state index in [1.54, 1.807) is 32.9 Å². The molecule has 5 nitrogen and oxygen atoms in total. The fraction of sp³-hybridized carbons (Fsp3) is 0.417. The van der Waals surface area contributed by atoms with E-state index in [0.29, 0.717) is 11.8 Å². The first kappa shape index (κ1) is 14.4. The minimum atomic E-state index is -0.874. The number of halogens is 1. The number of carbonyl (C=O) groups is 2. The van der Waals surface area contributed by atoms with Crippen LogP contribution in [0.1, 0.15) is 32.4 Å². The fourth-order valence-electron chi connectivity index (χ4n) is 1.25. The number of rotatable bonds is 3. The highest BCUT2D eigenvalue weighted by Crippen LogP contribution is 2.19. The number of pyridine rings is 1. The molecule has 1 N–H and O–H groups in total. The second kappa shape index (κ2) is 5.82. The molecule has 0 saturated heterocycles. The van der Waals surface area contributed by atoms with E-state index in [9.17, 15) is 9.59 Å². The summed E-state index contributed by atoms with van der Waals surface area (Å²) in [5.41, 5.74) is -0.198. The topological polar surface area (TPSA) is 68.3 Å². The van der Waals surface area contributed by atoms with Gasteiger partial charge in [-0.3, -0.25) is 0 Å². The van der Waals surface area contributed by atoms with Crippen LogP contribution in [0.15, 0.2) is 18.3 Å². The molecular formula is C12H15ClN2O3. The molecule has 0 spiro atoms. The maximum Gasteiger partial charge on any atom is 0.408 e. The first-order valence-corrected chi connectivity index (χ1v) is 5.76. The number of nitrogens with zero attached hydrogens (tertiary/aromatic N) is 1. The van der Waals surface area contributed by atoms with Crippen LogP contribution in [0.5, 0.6) is 0 Å². The molecule has 0 aliphatic carbocycles. The lowest BCUT2D eigenvalue weighted by Crippen LogP contribution is -2.35. The molecule has 0 bridgehead atoms. The molecule has 18 heavy (non-hydrogen) atoms. The number of ether oxygens (including phenoxy) is 1. The SMILES string of the molecule is CC(C)(C)OC(=O)NC(C=O)c1cccnc1Cl. The lowest BCUT2D eigenvalue weighted by Gasteiger charge is -2.21. The zero-order valence-corrected chi connectivity index (χ0v) is 11.2. The van der Waals surface area contributed by atoms with Crippen molar-refractivity contribution in [3.05, 3.63) is 29.0 Å². The van der Waals surface area contributed by atoms with Crippen LogP contribution in [0.25, 0.3) is 0 Å². The molecule has 1 aromatic rings. The maximum absolute atomic E-state index is 11.6. The number of hydrogen-bond acceptors (Lipinski definition) is 4. The molecule has 1 atom stereocenters. The normalized spacial score (nSPS) is 12.7. The van der Waals surface area contributed by atoms with E-state index < -0.39 is 17.7 Å². The van der Waals surface area contributed by atoms with E-state index in [0.717, 1.165) is 0 Å². The van der Waals surface area contributed by atoms with Crippen LogP contribution >= 0.6 is 11.6 Å². The van der Waals surface area contributed by atoms with E-state index in [-0.39, 0.29) is 5.15 Å². The summed E-state index contributed by atoms with van der Waals surface area (Å²) >= 11 is 5.85. The molecule has 0 radical (unpaired) electrons. The zero-order chi connectivity index (χ0) is 13.8. The Morgan fingerprint density at radius 3 is 2.72 bits per heavy atom. The van der Waals surface area contributed by atoms with Gasteiger partial charge in [-0.05, 0) is 26.8 Å². The maximum atomic E-state index is 11.6. The quantitative estimate of drug-likeness (QED) is 0.677. The van der Waals surface area contributed by atoms with Gasteiger partial charge in [0, 0.05) is 11.8 Å². The molecule has 0 aliphatic heterocycles. The van der Waals surface area contributed by atoms with Gasteiger partial charge in [0.05, 0.1) is 0 Å². The third-order valence-electron chi connectivity index (χ3n) is 1.93. The van der Waals surface area contributed by atoms with Crippen molar-refractivity contribution in [2.45, 2.75) is 32.4 Å². The van der Waals surface area contributed by atoms with Crippen molar-refractivity contribution >= 4 is 24.0 Å². The second-order valence-electron chi connectivity index (χ2n) is 4.64. The summed E-state index contributed by atoms with van der Waals surface area (Å²) in [7, 11) is 0. The average molecular weight is 271 g/mol. The minimum absolute atomic E-state index is 0.172. The van der Waals surface area contributed by atoms with Gasteiger partial charge in [-0.2, -0.15) is 0 Å². The van der Waals surface area contributed by atoms with Crippen molar-refractivity contribution in [2.24, 2.45) is 0 Å². The summed E-state index contributed by atoms with van der Waals surface area (Å²) in [6.07, 6.45) is 1.40. The Hall–Kier alpha value is -1.62. The summed E-state index contributed by atoms with van der Waals surface area (Å²) in [6.45, 7) is 5.21. The monoisotopic (exact) mass is 270 g/mol. The molecule has 0 aromatic carbocycles. The third kappa shape index (κ3) is 4.33. The molecule has 1 amide bonds. The van der Waals surface area contributed by atoms with E-state index in [1.807, 2.05) is 0 Å². The molecule has 0 aliphatic rings. The summed E-state index contributed by atoms with van der Waals surface area (Å²) in [5, 5.41) is 2.60. The summed E-state index contributed by atoms with van der Waals surface area (Å²) in [5.74, 6) is 0. The molecule has 0 saturated carbocycles. The number of hydrogen-bond donors (Lipinski definition) is 1. The molecule has 98 valence electrons. The van der Waals surface area contributed by atoms with Crippen molar-refractivity contribution in [3.63, 3.8) is 0 Å². The zero-order valence-electron chi connectivity index (χ0n) is 10.4. The van der Waals surface area contributed by atoms with E-state index in [1.165, 1.54) is 6.20 Å². The van der Waals surface area contributed by atoms with Crippen molar-refractivity contribution in [1.29, 1.82) is 0 Å². The van der Waals surface area contributed by atoms with Gasteiger partial charge in [0.15, 0.2) is 0 Å². The fourth-order valence-corrected chi connectivity index (χ4v) is 1.49. The Morgan fingerprint density at radius 1 is 1.56 bits per heavy atom. The van der Waals surface area contributed by atoms with Crippen LogP contribution in [0, 0.1) is 0 Å². The first-order chi connectivity index (χ1) is 8.33. The van der Waals surface area contributed by atoms with Crippen LogP contribution in [0.3, 0.4) is 0 Å². The Bertz CT molecular complexity index is 443. The van der Waals surface area contributed by atoms with Crippen LogP contribution in [-0.4, -0.2) is 23.0 Å². The van der Waals surface area contributed by atoms with Crippen molar-refractivity contribution in [3.8, 4) is 0 Å². The predicted octanol–water partition coefficient (Wildman–Crippen LogP) is 2.50. The Kier molecular flexibility index (Phi) is 4.67. The molecular weight excluding hydrogens is 256 g/mol. The third-order valence-corrected chi connectivity index (χ3v) is 2.25. The number of nitrogens with one attached hydrogen (secondary N) is 1. The first-order valence-electron chi connectivity index (χ1n) is 5.38. The van der Waals surface area contributed by atoms with Gasteiger partial charge in [-0.1, -0.05) is 17.7 Å². The van der Waals surface area contributed by atoms with Crippen molar-refractivity contribution < 1.29 is 14.3 Å². The van der Waals surface area contributed by atoms with Gasteiger partial charge in [0.25, 0.3) is 0 Å². The summed E-state index contributed by atoms with van der Waals surface area (Å²) in [6, 6.07) is 2.38. The smallest absolute Gasteiger partial charge is 0.408 e. The average Bonchev–Trinajstić information content (AvgIpc) is 2.24. The molecule has 0 fully saturated rings. The number of aromatic nitrogens is 1. The standard InChI is InChI=1S/C12H15ClN2O3/c1-12(2,3)18-11(17)15-9(7-16)8-5-4-6-14-10(8)13/h4-7,9H,1-3H3,(H,15,17). The Labute approximate surface area is 110 Å². The highest BCUT2D eigenvalue weighted by molar-refractivity contribution is 6.30. The molecule has 1 aromatic heterocycles. The van der Waals surface area contributed by atoms with Crippen LogP contribution < -0.4 is 5.32 Å². The molecule has 1 heterocycles. The van der Waals surface area contributed by atoms with Crippen molar-refractivity contribution in [2.75, 3.05) is 0 Å². The molecule has 1 unspecified atom stereocenters. The summed E-state index contributed by atoms with van der Waals surface area (Å²) < 4.78 is 5.06. The van der Waals surface area contributed by atoms with Crippen molar-refractivity contribution in [1.82, 2.24) is 10.3 Å². The van der Waals surface area contributed by atoms with Gasteiger partial charge in [-0.15, -0.1) is 0 Å². The predicted molar refractivity (Wildman–Crippen MR) is 67.4 cm³/mol. The largest absolute Gasteiger partial charge is 0.444 e. The van der Waals surface area contributed by atoms with Crippen LogP contribution in [0.2, 0.25) is 5.15 Å². The van der Waals surface area contributed by atoms with E-state index in [4.69, 9.17) is 16.3 Å². The Morgan fingerprint density at radius 2 is 2.22 bits per heavy atom. The minimum Gasteiger partial charge on any atom is -0.444 e. The summed E-state index contributed by atoms with van der Waals surface area (Å²) in [4.78, 5) is 26.4. The lowest BCUT2D eigenvalue weighted by molar-refractivity contribution is -0.109. The van der Waals surface area contributed by atoms with E-state index >= 15 is 0 Å². The number of carbonyl (C=O) groups excluding carboxylic acids is 2. The van der Waals surface area contributed by atoms with Gasteiger partial charge >= 0.3 is 6.09 Å². The molecule has 1 rings (SSSR count).